The van der Waals surface area contributed by atoms with E-state index in [1.54, 1.807) is 0 Å². The molecule has 0 bridgehead atoms. The van der Waals surface area contributed by atoms with Gasteiger partial charge in [-0.3, -0.25) is 0 Å². The molecule has 0 unspecified atom stereocenters. The molecule has 1 aromatic rings. The summed E-state index contributed by atoms with van der Waals surface area (Å²) < 4.78 is 44.7. The third kappa shape index (κ3) is 1.35. The van der Waals surface area contributed by atoms with Crippen LogP contribution < -0.4 is 0 Å². The molecular formula is C6H6ClNO4S2. The fourth-order valence-electron chi connectivity index (χ4n) is 1.50. The van der Waals surface area contributed by atoms with E-state index in [9.17, 15) is 16.8 Å². The Morgan fingerprint density at radius 2 is 2.07 bits per heavy atom. The van der Waals surface area contributed by atoms with Crippen molar-refractivity contribution in [2.24, 2.45) is 0 Å². The van der Waals surface area contributed by atoms with E-state index >= 15 is 0 Å². The zero-order valence-electron chi connectivity index (χ0n) is 6.82. The van der Waals surface area contributed by atoms with Crippen LogP contribution in [0.4, 0.5) is 0 Å². The lowest BCUT2D eigenvalue weighted by Crippen LogP contribution is -1.99. The molecule has 0 atom stereocenters. The van der Waals surface area contributed by atoms with Crippen molar-refractivity contribution in [2.45, 2.75) is 16.3 Å². The van der Waals surface area contributed by atoms with Gasteiger partial charge in [-0.15, -0.1) is 0 Å². The molecule has 5 nitrogen and oxygen atoms in total. The number of sulfone groups is 1. The highest BCUT2D eigenvalue weighted by Gasteiger charge is 2.33. The predicted molar refractivity (Wildman–Crippen MR) is 49.6 cm³/mol. The van der Waals surface area contributed by atoms with Crippen LogP contribution in [0.1, 0.15) is 5.56 Å². The fourth-order valence-corrected chi connectivity index (χ4v) is 4.19. The van der Waals surface area contributed by atoms with E-state index < -0.39 is 18.9 Å². The molecule has 1 aliphatic rings. The lowest BCUT2D eigenvalue weighted by Gasteiger charge is -1.93. The van der Waals surface area contributed by atoms with Crippen LogP contribution in [0.2, 0.25) is 0 Å². The monoisotopic (exact) mass is 255 g/mol. The fraction of sp³-hybridized carbons (Fsp3) is 0.333. The second kappa shape index (κ2) is 2.74. The molecule has 0 spiro atoms. The largest absolute Gasteiger partial charge is 0.350 e. The summed E-state index contributed by atoms with van der Waals surface area (Å²) in [6.45, 7) is 0. The third-order valence-electron chi connectivity index (χ3n) is 2.11. The van der Waals surface area contributed by atoms with Gasteiger partial charge >= 0.3 is 0 Å². The van der Waals surface area contributed by atoms with Gasteiger partial charge in [0, 0.05) is 22.4 Å². The second-order valence-corrected chi connectivity index (χ2v) is 7.55. The predicted octanol–water partition coefficient (Wildman–Crippen LogP) is 0.272. The van der Waals surface area contributed by atoms with Crippen molar-refractivity contribution >= 4 is 29.6 Å². The number of halogens is 1. The minimum Gasteiger partial charge on any atom is -0.350 e. The lowest BCUT2D eigenvalue weighted by atomic mass is 10.3. The molecule has 0 aliphatic carbocycles. The van der Waals surface area contributed by atoms with Crippen LogP contribution in [0.3, 0.4) is 0 Å². The minimum absolute atomic E-state index is 0.0498. The molecule has 2 heterocycles. The molecule has 1 aromatic heterocycles. The Hall–Kier alpha value is -0.530. The molecular weight excluding hydrogens is 250 g/mol. The van der Waals surface area contributed by atoms with E-state index in [1.807, 2.05) is 0 Å². The van der Waals surface area contributed by atoms with Crippen molar-refractivity contribution in [3.05, 3.63) is 11.8 Å². The quantitative estimate of drug-likeness (QED) is 0.730. The first kappa shape index (κ1) is 10.0. The Kier molecular flexibility index (Phi) is 1.96. The van der Waals surface area contributed by atoms with Gasteiger partial charge in [-0.05, 0) is 6.42 Å². The van der Waals surface area contributed by atoms with Crippen molar-refractivity contribution in [3.63, 3.8) is 0 Å². The number of hydrogen-bond acceptors (Lipinski definition) is 4. The Morgan fingerprint density at radius 1 is 1.43 bits per heavy atom. The first-order valence-electron chi connectivity index (χ1n) is 3.70. The van der Waals surface area contributed by atoms with Gasteiger partial charge in [-0.25, -0.2) is 16.8 Å². The zero-order valence-corrected chi connectivity index (χ0v) is 9.21. The van der Waals surface area contributed by atoms with Gasteiger partial charge in [0.2, 0.25) is 0 Å². The summed E-state index contributed by atoms with van der Waals surface area (Å²) in [5.41, 5.74) is 0.278. The van der Waals surface area contributed by atoms with Crippen LogP contribution in [0, 0.1) is 0 Å². The maximum absolute atomic E-state index is 11.3. The smallest absolute Gasteiger partial charge is 0.276 e. The van der Waals surface area contributed by atoms with Crippen molar-refractivity contribution < 1.29 is 16.8 Å². The summed E-state index contributed by atoms with van der Waals surface area (Å²) >= 11 is 0. The topological polar surface area (TPSA) is 84.1 Å². The third-order valence-corrected chi connectivity index (χ3v) is 5.20. The van der Waals surface area contributed by atoms with E-state index in [2.05, 4.69) is 4.98 Å². The van der Waals surface area contributed by atoms with Crippen LogP contribution in [0.25, 0.3) is 0 Å². The standard InChI is InChI=1S/C6H6ClNO4S2/c7-14(11,12)6-4-1-2-13(9,10)5(4)3-8-6/h3,8H,1-2H2. The van der Waals surface area contributed by atoms with E-state index in [0.717, 1.165) is 0 Å². The maximum atomic E-state index is 11.3. The van der Waals surface area contributed by atoms with Crippen LogP contribution in [0.5, 0.6) is 0 Å². The van der Waals surface area contributed by atoms with Crippen LogP contribution in [-0.4, -0.2) is 27.6 Å². The average molecular weight is 256 g/mol. The van der Waals surface area contributed by atoms with Crippen molar-refractivity contribution in [3.8, 4) is 0 Å². The van der Waals surface area contributed by atoms with Gasteiger partial charge in [0.05, 0.1) is 10.6 Å². The Labute approximate surface area is 85.4 Å². The normalized spacial score (nSPS) is 19.5. The maximum Gasteiger partial charge on any atom is 0.276 e. The number of hydrogen-bond donors (Lipinski definition) is 1. The highest BCUT2D eigenvalue weighted by atomic mass is 35.7. The van der Waals surface area contributed by atoms with Gasteiger partial charge in [0.25, 0.3) is 9.05 Å². The van der Waals surface area contributed by atoms with Crippen molar-refractivity contribution in [2.75, 3.05) is 5.75 Å². The number of aromatic amines is 1. The van der Waals surface area contributed by atoms with Crippen LogP contribution in [-0.2, 0) is 25.3 Å². The van der Waals surface area contributed by atoms with Crippen LogP contribution >= 0.6 is 10.7 Å². The Bertz CT molecular complexity index is 583. The molecule has 0 radical (unpaired) electrons. The molecule has 0 amide bonds. The Morgan fingerprint density at radius 3 is 2.64 bits per heavy atom. The molecule has 1 aliphatic heterocycles. The number of fused-ring (bicyclic) bond motifs is 1. The SMILES string of the molecule is O=S(=O)(Cl)c1[nH]cc2c1CCS2(=O)=O. The summed E-state index contributed by atoms with van der Waals surface area (Å²) in [7, 11) is -2.06. The molecule has 78 valence electrons. The van der Waals surface area contributed by atoms with Gasteiger partial charge in [0.1, 0.15) is 0 Å². The number of rotatable bonds is 1. The van der Waals surface area contributed by atoms with E-state index in [4.69, 9.17) is 10.7 Å². The van der Waals surface area contributed by atoms with Gasteiger partial charge in [0.15, 0.2) is 14.9 Å². The van der Waals surface area contributed by atoms with Gasteiger partial charge in [-0.1, -0.05) is 0 Å². The summed E-state index contributed by atoms with van der Waals surface area (Å²) in [6.07, 6.45) is 1.37. The van der Waals surface area contributed by atoms with E-state index in [-0.39, 0.29) is 27.7 Å². The van der Waals surface area contributed by atoms with Crippen LogP contribution in [0.15, 0.2) is 16.1 Å². The molecule has 0 fully saturated rings. The molecule has 2 rings (SSSR count). The molecule has 1 N–H and O–H groups in total. The first-order chi connectivity index (χ1) is 6.32. The van der Waals surface area contributed by atoms with E-state index in [0.29, 0.717) is 0 Å². The Balaban J connectivity index is 2.75. The lowest BCUT2D eigenvalue weighted by molar-refractivity contribution is 0.599. The average Bonchev–Trinajstić information content (AvgIpc) is 2.51. The summed E-state index contributed by atoms with van der Waals surface area (Å²) in [4.78, 5) is 2.43. The molecule has 0 saturated carbocycles. The minimum atomic E-state index is -3.88. The molecule has 0 aromatic carbocycles. The molecule has 0 saturated heterocycles. The van der Waals surface area contributed by atoms with Gasteiger partial charge < -0.3 is 4.98 Å². The first-order valence-corrected chi connectivity index (χ1v) is 7.66. The summed E-state index contributed by atoms with van der Waals surface area (Å²) in [5, 5.41) is -0.199. The van der Waals surface area contributed by atoms with Crippen molar-refractivity contribution in [1.82, 2.24) is 4.98 Å². The van der Waals surface area contributed by atoms with E-state index in [1.165, 1.54) is 6.20 Å². The molecule has 8 heteroatoms. The highest BCUT2D eigenvalue weighted by Crippen LogP contribution is 2.32. The number of aromatic nitrogens is 1. The number of nitrogens with one attached hydrogen (secondary N) is 1. The summed E-state index contributed by atoms with van der Waals surface area (Å²) in [6, 6.07) is 0. The molecule has 14 heavy (non-hydrogen) atoms. The zero-order chi connectivity index (χ0) is 10.6. The highest BCUT2D eigenvalue weighted by molar-refractivity contribution is 8.13. The number of H-pyrrole nitrogens is 1. The second-order valence-electron chi connectivity index (χ2n) is 2.97. The van der Waals surface area contributed by atoms with Gasteiger partial charge in [-0.2, -0.15) is 0 Å². The summed E-state index contributed by atoms with van der Waals surface area (Å²) in [5.74, 6) is -0.0498. The van der Waals surface area contributed by atoms with Crippen molar-refractivity contribution in [1.29, 1.82) is 0 Å².